The summed E-state index contributed by atoms with van der Waals surface area (Å²) in [6.45, 7) is 3.43. The molecule has 1 saturated heterocycles. The van der Waals surface area contributed by atoms with E-state index < -0.39 is 32.5 Å². The summed E-state index contributed by atoms with van der Waals surface area (Å²) in [7, 11) is -4.41. The molecule has 0 bridgehead atoms. The average molecular weight is 776 g/mol. The molecule has 0 spiro atoms. The van der Waals surface area contributed by atoms with Gasteiger partial charge in [0.15, 0.2) is 6.10 Å². The van der Waals surface area contributed by atoms with E-state index in [2.05, 4.69) is 92.8 Å². The zero-order chi connectivity index (χ0) is 39.4. The van der Waals surface area contributed by atoms with Crippen LogP contribution in [0.4, 0.5) is 0 Å². The maximum absolute atomic E-state index is 12.6. The van der Waals surface area contributed by atoms with E-state index in [9.17, 15) is 19.0 Å². The highest BCUT2D eigenvalue weighted by Gasteiger charge is 2.36. The summed E-state index contributed by atoms with van der Waals surface area (Å²) in [5.41, 5.74) is 5.33. The monoisotopic (exact) mass is 775 g/mol. The molecule has 0 aromatic carbocycles. The summed E-state index contributed by atoms with van der Waals surface area (Å²) in [6.07, 6.45) is 45.1. The number of allylic oxidation sites excluding steroid dienone is 12. The predicted molar refractivity (Wildman–Crippen MR) is 219 cm³/mol. The highest BCUT2D eigenvalue weighted by Crippen LogP contribution is 2.43. The van der Waals surface area contributed by atoms with Crippen LogP contribution in [0.25, 0.3) is 0 Å². The van der Waals surface area contributed by atoms with E-state index in [1.807, 2.05) is 6.08 Å². The number of esters is 2. The Labute approximate surface area is 326 Å². The lowest BCUT2D eigenvalue weighted by atomic mass is 10.1. The molecule has 1 aliphatic rings. The van der Waals surface area contributed by atoms with Crippen LogP contribution in [0.15, 0.2) is 85.1 Å². The van der Waals surface area contributed by atoms with Crippen molar-refractivity contribution in [3.63, 3.8) is 0 Å². The SMILES string of the molecule is CC/C=C\C/C=C\C/C=C\C/C=C\CCCCC(=O)OC[C@H](COP(=O)(O)OCCN)OC(=O)CCC/C=C\C/C=C\CC1OC1C/C=C\CCCCC. The van der Waals surface area contributed by atoms with Gasteiger partial charge in [0.1, 0.15) is 6.61 Å². The third-order valence-electron chi connectivity index (χ3n) is 8.17. The van der Waals surface area contributed by atoms with E-state index in [4.69, 9.17) is 29.0 Å². The first-order valence-electron chi connectivity index (χ1n) is 20.2. The maximum atomic E-state index is 12.6. The van der Waals surface area contributed by atoms with Gasteiger partial charge in [-0.05, 0) is 89.9 Å². The second kappa shape index (κ2) is 34.6. The Balaban J connectivity index is 2.29. The van der Waals surface area contributed by atoms with Gasteiger partial charge in [-0.2, -0.15) is 0 Å². The second-order valence-electron chi connectivity index (χ2n) is 13.2. The summed E-state index contributed by atoms with van der Waals surface area (Å²) in [5, 5.41) is 0. The number of unbranched alkanes of at least 4 members (excludes halogenated alkanes) is 6. The first kappa shape index (κ1) is 49.2. The first-order valence-corrected chi connectivity index (χ1v) is 21.7. The Kier molecular flexibility index (Phi) is 31.5. The van der Waals surface area contributed by atoms with Gasteiger partial charge in [0.2, 0.25) is 0 Å². The molecule has 1 rings (SSSR count). The molecular formula is C43H70NO9P. The van der Waals surface area contributed by atoms with Gasteiger partial charge >= 0.3 is 19.8 Å². The minimum Gasteiger partial charge on any atom is -0.462 e. The summed E-state index contributed by atoms with van der Waals surface area (Å²) in [4.78, 5) is 34.8. The lowest BCUT2D eigenvalue weighted by Gasteiger charge is -2.19. The first-order chi connectivity index (χ1) is 26.3. The van der Waals surface area contributed by atoms with Crippen LogP contribution in [-0.4, -0.2) is 61.5 Å². The van der Waals surface area contributed by atoms with Crippen LogP contribution in [0.3, 0.4) is 0 Å². The van der Waals surface area contributed by atoms with Crippen LogP contribution < -0.4 is 5.73 Å². The van der Waals surface area contributed by atoms with Gasteiger partial charge < -0.3 is 24.8 Å². The number of hydrogen-bond acceptors (Lipinski definition) is 9. The van der Waals surface area contributed by atoms with Crippen LogP contribution in [0.2, 0.25) is 0 Å². The van der Waals surface area contributed by atoms with Gasteiger partial charge in [0.25, 0.3) is 0 Å². The Morgan fingerprint density at radius 1 is 0.667 bits per heavy atom. The number of carbonyl (C=O) groups excluding carboxylic acids is 2. The van der Waals surface area contributed by atoms with Gasteiger partial charge in [0.05, 0.1) is 25.4 Å². The van der Waals surface area contributed by atoms with Crippen molar-refractivity contribution in [2.75, 3.05) is 26.4 Å². The number of epoxide rings is 1. The molecule has 3 N–H and O–H groups in total. The molecule has 3 unspecified atom stereocenters. The van der Waals surface area contributed by atoms with Gasteiger partial charge in [-0.1, -0.05) is 112 Å². The molecule has 1 heterocycles. The standard InChI is InChI=1S/C43H70NO9P/c1-3-5-7-9-11-12-13-14-15-16-17-18-21-25-29-33-42(45)49-37-39(38-51-54(47,48)50-36-35-44)52-43(46)34-30-26-22-19-20-24-28-32-41-40(53-41)31-27-23-10-8-6-4-2/h5,7,11-12,14-15,17-19,22-24,27-28,39-41H,3-4,6,8-10,13,16,20-21,25-26,29-38,44H2,1-2H3,(H,47,48)/b7-5-,12-11-,15-14-,18-17-,22-19-,27-23-,28-24-/t39-,40?,41?/m1/s1. The van der Waals surface area contributed by atoms with E-state index >= 15 is 0 Å². The summed E-state index contributed by atoms with van der Waals surface area (Å²) in [6, 6.07) is 0. The number of carbonyl (C=O) groups is 2. The van der Waals surface area contributed by atoms with Gasteiger partial charge in [-0.3, -0.25) is 18.6 Å². The number of ether oxygens (including phenoxy) is 3. The highest BCUT2D eigenvalue weighted by atomic mass is 31.2. The van der Waals surface area contributed by atoms with Crippen LogP contribution in [0.1, 0.15) is 129 Å². The lowest BCUT2D eigenvalue weighted by Crippen LogP contribution is -2.29. The molecule has 1 fully saturated rings. The second-order valence-corrected chi connectivity index (χ2v) is 14.6. The Bertz CT molecular complexity index is 1220. The molecule has 11 heteroatoms. The van der Waals surface area contributed by atoms with E-state index in [0.717, 1.165) is 64.2 Å². The Hall–Kier alpha value is -2.85. The summed E-state index contributed by atoms with van der Waals surface area (Å²) >= 11 is 0. The van der Waals surface area contributed by atoms with E-state index in [-0.39, 0.29) is 32.6 Å². The predicted octanol–water partition coefficient (Wildman–Crippen LogP) is 10.3. The molecule has 1 aliphatic heterocycles. The number of nitrogens with two attached hydrogens (primary N) is 1. The molecule has 0 aliphatic carbocycles. The summed E-state index contributed by atoms with van der Waals surface area (Å²) in [5.74, 6) is -0.960. The minimum absolute atomic E-state index is 0.0319. The van der Waals surface area contributed by atoms with Crippen molar-refractivity contribution < 1.29 is 42.3 Å². The van der Waals surface area contributed by atoms with Crippen molar-refractivity contribution in [3.8, 4) is 0 Å². The number of hydrogen-bond donors (Lipinski definition) is 2. The molecule has 0 saturated carbocycles. The van der Waals surface area contributed by atoms with Crippen LogP contribution in [0, 0.1) is 0 Å². The number of rotatable bonds is 35. The molecule has 0 aromatic heterocycles. The lowest BCUT2D eigenvalue weighted by molar-refractivity contribution is -0.161. The molecule has 54 heavy (non-hydrogen) atoms. The molecule has 0 amide bonds. The van der Waals surface area contributed by atoms with Crippen molar-refractivity contribution in [2.24, 2.45) is 5.73 Å². The van der Waals surface area contributed by atoms with Crippen LogP contribution in [-0.2, 0) is 37.4 Å². The normalized spacial score (nSPS) is 18.0. The Morgan fingerprint density at radius 2 is 1.19 bits per heavy atom. The fraction of sp³-hybridized carbons (Fsp3) is 0.628. The van der Waals surface area contributed by atoms with Gasteiger partial charge in [0, 0.05) is 19.4 Å². The van der Waals surface area contributed by atoms with E-state index in [1.165, 1.54) is 19.3 Å². The average Bonchev–Trinajstić information content (AvgIpc) is 3.91. The van der Waals surface area contributed by atoms with Crippen molar-refractivity contribution in [1.82, 2.24) is 0 Å². The Morgan fingerprint density at radius 3 is 1.80 bits per heavy atom. The summed E-state index contributed by atoms with van der Waals surface area (Å²) < 4.78 is 38.4. The largest absolute Gasteiger partial charge is 0.472 e. The number of phosphoric acid groups is 1. The molecular weight excluding hydrogens is 705 g/mol. The fourth-order valence-corrected chi connectivity index (χ4v) is 5.83. The molecule has 10 nitrogen and oxygen atoms in total. The molecule has 0 radical (unpaired) electrons. The quantitative estimate of drug-likeness (QED) is 0.0210. The smallest absolute Gasteiger partial charge is 0.462 e. The third-order valence-corrected chi connectivity index (χ3v) is 9.15. The maximum Gasteiger partial charge on any atom is 0.472 e. The van der Waals surface area contributed by atoms with E-state index in [1.54, 1.807) is 0 Å². The molecule has 4 atom stereocenters. The number of phosphoric ester groups is 1. The third kappa shape index (κ3) is 31.5. The van der Waals surface area contributed by atoms with Crippen LogP contribution >= 0.6 is 7.82 Å². The zero-order valence-electron chi connectivity index (χ0n) is 33.1. The van der Waals surface area contributed by atoms with Crippen molar-refractivity contribution >= 4 is 19.8 Å². The van der Waals surface area contributed by atoms with Crippen molar-refractivity contribution in [1.29, 1.82) is 0 Å². The van der Waals surface area contributed by atoms with Crippen LogP contribution in [0.5, 0.6) is 0 Å². The molecule has 306 valence electrons. The zero-order valence-corrected chi connectivity index (χ0v) is 34.0. The van der Waals surface area contributed by atoms with Gasteiger partial charge in [-0.25, -0.2) is 4.57 Å². The van der Waals surface area contributed by atoms with Crippen molar-refractivity contribution in [2.45, 2.75) is 148 Å². The van der Waals surface area contributed by atoms with Crippen molar-refractivity contribution in [3.05, 3.63) is 85.1 Å². The fourth-order valence-electron chi connectivity index (χ4n) is 5.07. The van der Waals surface area contributed by atoms with Gasteiger partial charge in [-0.15, -0.1) is 0 Å². The highest BCUT2D eigenvalue weighted by molar-refractivity contribution is 7.47. The minimum atomic E-state index is -4.41. The topological polar surface area (TPSA) is 147 Å². The molecule has 0 aromatic rings. The van der Waals surface area contributed by atoms with E-state index in [0.29, 0.717) is 31.5 Å².